The molecule has 0 unspecified atom stereocenters. The van der Waals surface area contributed by atoms with Crippen LogP contribution >= 0.6 is 0 Å². The van der Waals surface area contributed by atoms with Gasteiger partial charge in [0, 0.05) is 25.2 Å². The van der Waals surface area contributed by atoms with Crippen molar-refractivity contribution in [2.75, 3.05) is 18.8 Å². The highest BCUT2D eigenvalue weighted by atomic mass is 16.2. The molecule has 0 aliphatic heterocycles. The summed E-state index contributed by atoms with van der Waals surface area (Å²) in [5.74, 6) is 0.255. The molecule has 94 valence electrons. The van der Waals surface area contributed by atoms with Crippen molar-refractivity contribution < 1.29 is 4.79 Å². The Morgan fingerprint density at radius 2 is 1.76 bits per heavy atom. The van der Waals surface area contributed by atoms with Crippen LogP contribution in [-0.4, -0.2) is 23.9 Å². The molecule has 0 saturated heterocycles. The van der Waals surface area contributed by atoms with Gasteiger partial charge in [-0.2, -0.15) is 0 Å². The molecule has 0 aromatic heterocycles. The minimum Gasteiger partial charge on any atom is -0.399 e. The van der Waals surface area contributed by atoms with Crippen LogP contribution in [0.1, 0.15) is 32.3 Å². The van der Waals surface area contributed by atoms with Gasteiger partial charge in [0.05, 0.1) is 0 Å². The van der Waals surface area contributed by atoms with Crippen LogP contribution in [0.3, 0.4) is 0 Å². The Kier molecular flexibility index (Phi) is 5.53. The van der Waals surface area contributed by atoms with Crippen LogP contribution in [0.5, 0.6) is 0 Å². The zero-order chi connectivity index (χ0) is 12.7. The van der Waals surface area contributed by atoms with E-state index in [2.05, 4.69) is 0 Å². The molecule has 3 heteroatoms. The Morgan fingerprint density at radius 3 is 2.29 bits per heavy atom. The lowest BCUT2D eigenvalue weighted by atomic mass is 10.1. The summed E-state index contributed by atoms with van der Waals surface area (Å²) in [7, 11) is 0. The van der Waals surface area contributed by atoms with Gasteiger partial charge in [-0.05, 0) is 44.4 Å². The first-order valence-electron chi connectivity index (χ1n) is 6.29. The number of carbonyl (C=O) groups excluding carboxylic acids is 1. The molecule has 1 amide bonds. The van der Waals surface area contributed by atoms with Crippen LogP contribution < -0.4 is 5.73 Å². The van der Waals surface area contributed by atoms with E-state index in [9.17, 15) is 4.79 Å². The van der Waals surface area contributed by atoms with Gasteiger partial charge in [0.25, 0.3) is 0 Å². The molecule has 0 bridgehead atoms. The van der Waals surface area contributed by atoms with E-state index in [1.807, 2.05) is 43.0 Å². The number of amides is 1. The maximum Gasteiger partial charge on any atom is 0.222 e. The summed E-state index contributed by atoms with van der Waals surface area (Å²) in [4.78, 5) is 13.6. The zero-order valence-electron chi connectivity index (χ0n) is 10.8. The predicted molar refractivity (Wildman–Crippen MR) is 71.7 cm³/mol. The van der Waals surface area contributed by atoms with Gasteiger partial charge < -0.3 is 10.6 Å². The topological polar surface area (TPSA) is 46.3 Å². The van der Waals surface area contributed by atoms with Gasteiger partial charge >= 0.3 is 0 Å². The molecule has 1 rings (SSSR count). The summed E-state index contributed by atoms with van der Waals surface area (Å²) in [5, 5.41) is 0. The molecule has 17 heavy (non-hydrogen) atoms. The van der Waals surface area contributed by atoms with Gasteiger partial charge in [-0.3, -0.25) is 4.79 Å². The van der Waals surface area contributed by atoms with Crippen LogP contribution in [0.25, 0.3) is 0 Å². The van der Waals surface area contributed by atoms with Gasteiger partial charge in [-0.15, -0.1) is 0 Å². The molecular formula is C14H22N2O. The van der Waals surface area contributed by atoms with E-state index < -0.39 is 0 Å². The van der Waals surface area contributed by atoms with Crippen molar-refractivity contribution in [1.29, 1.82) is 0 Å². The van der Waals surface area contributed by atoms with Crippen molar-refractivity contribution in [2.24, 2.45) is 0 Å². The molecule has 0 fully saturated rings. The quantitative estimate of drug-likeness (QED) is 0.768. The number of rotatable bonds is 6. The number of nitrogens with zero attached hydrogens (tertiary/aromatic N) is 1. The molecular weight excluding hydrogens is 212 g/mol. The second-order valence-electron chi connectivity index (χ2n) is 4.16. The first-order valence-corrected chi connectivity index (χ1v) is 6.29. The Balaban J connectivity index is 2.32. The summed E-state index contributed by atoms with van der Waals surface area (Å²) in [6.07, 6.45) is 2.47. The molecule has 0 aliphatic rings. The molecule has 1 aromatic rings. The van der Waals surface area contributed by atoms with Crippen LogP contribution in [0.4, 0.5) is 5.69 Å². The van der Waals surface area contributed by atoms with Crippen molar-refractivity contribution in [2.45, 2.75) is 33.1 Å². The molecule has 2 N–H and O–H groups in total. The fourth-order valence-electron chi connectivity index (χ4n) is 1.86. The zero-order valence-corrected chi connectivity index (χ0v) is 10.8. The van der Waals surface area contributed by atoms with Crippen LogP contribution in [0.15, 0.2) is 24.3 Å². The van der Waals surface area contributed by atoms with Crippen molar-refractivity contribution >= 4 is 11.6 Å². The van der Waals surface area contributed by atoms with E-state index in [4.69, 9.17) is 5.73 Å². The minimum absolute atomic E-state index is 0.255. The number of aryl methyl sites for hydroxylation is 1. The van der Waals surface area contributed by atoms with E-state index in [-0.39, 0.29) is 5.91 Å². The Labute approximate surface area is 104 Å². The lowest BCUT2D eigenvalue weighted by Gasteiger charge is -2.18. The Morgan fingerprint density at radius 1 is 1.18 bits per heavy atom. The average Bonchev–Trinajstić information content (AvgIpc) is 2.33. The normalized spacial score (nSPS) is 10.2. The van der Waals surface area contributed by atoms with Crippen LogP contribution in [-0.2, 0) is 11.2 Å². The van der Waals surface area contributed by atoms with Gasteiger partial charge in [0.1, 0.15) is 0 Å². The highest BCUT2D eigenvalue weighted by molar-refractivity contribution is 5.76. The third-order valence-corrected chi connectivity index (χ3v) is 2.95. The number of anilines is 1. The predicted octanol–water partition coefficient (Wildman–Crippen LogP) is 2.46. The molecule has 3 nitrogen and oxygen atoms in total. The SMILES string of the molecule is CCN(CC)C(=O)CCCc1ccc(N)cc1. The second kappa shape index (κ2) is 6.94. The van der Waals surface area contributed by atoms with E-state index in [1.165, 1.54) is 5.56 Å². The number of nitrogen functional groups attached to an aromatic ring is 1. The van der Waals surface area contributed by atoms with Crippen LogP contribution in [0.2, 0.25) is 0 Å². The van der Waals surface area contributed by atoms with Gasteiger partial charge in [-0.1, -0.05) is 12.1 Å². The van der Waals surface area contributed by atoms with E-state index in [0.29, 0.717) is 6.42 Å². The van der Waals surface area contributed by atoms with E-state index >= 15 is 0 Å². The van der Waals surface area contributed by atoms with Crippen molar-refractivity contribution in [1.82, 2.24) is 4.90 Å². The van der Waals surface area contributed by atoms with Gasteiger partial charge in [0.2, 0.25) is 5.91 Å². The maximum absolute atomic E-state index is 11.8. The molecule has 0 heterocycles. The lowest BCUT2D eigenvalue weighted by molar-refractivity contribution is -0.130. The summed E-state index contributed by atoms with van der Waals surface area (Å²) in [6.45, 7) is 5.64. The first kappa shape index (κ1) is 13.6. The van der Waals surface area contributed by atoms with Crippen LogP contribution in [0, 0.1) is 0 Å². The number of benzene rings is 1. The highest BCUT2D eigenvalue weighted by Crippen LogP contribution is 2.09. The fourth-order valence-corrected chi connectivity index (χ4v) is 1.86. The first-order chi connectivity index (χ1) is 8.17. The average molecular weight is 234 g/mol. The third-order valence-electron chi connectivity index (χ3n) is 2.95. The smallest absolute Gasteiger partial charge is 0.222 e. The monoisotopic (exact) mass is 234 g/mol. The van der Waals surface area contributed by atoms with Gasteiger partial charge in [0.15, 0.2) is 0 Å². The minimum atomic E-state index is 0.255. The Bertz CT molecular complexity index is 342. The Hall–Kier alpha value is -1.51. The summed E-state index contributed by atoms with van der Waals surface area (Å²) in [5.41, 5.74) is 7.65. The fraction of sp³-hybridized carbons (Fsp3) is 0.500. The molecule has 0 atom stereocenters. The second-order valence-corrected chi connectivity index (χ2v) is 4.16. The molecule has 0 aliphatic carbocycles. The number of nitrogens with two attached hydrogens (primary N) is 1. The molecule has 0 saturated carbocycles. The van der Waals surface area contributed by atoms with Crippen molar-refractivity contribution in [3.8, 4) is 0 Å². The number of hydrogen-bond acceptors (Lipinski definition) is 2. The highest BCUT2D eigenvalue weighted by Gasteiger charge is 2.08. The lowest BCUT2D eigenvalue weighted by Crippen LogP contribution is -2.30. The molecule has 0 radical (unpaired) electrons. The number of hydrogen-bond donors (Lipinski definition) is 1. The molecule has 0 spiro atoms. The standard InChI is InChI=1S/C14H22N2O/c1-3-16(4-2)14(17)7-5-6-12-8-10-13(15)11-9-12/h8-11H,3-7,15H2,1-2H3. The maximum atomic E-state index is 11.8. The summed E-state index contributed by atoms with van der Waals surface area (Å²) < 4.78 is 0. The van der Waals surface area contributed by atoms with E-state index in [0.717, 1.165) is 31.6 Å². The van der Waals surface area contributed by atoms with Crippen molar-refractivity contribution in [3.05, 3.63) is 29.8 Å². The summed E-state index contributed by atoms with van der Waals surface area (Å²) in [6, 6.07) is 7.86. The summed E-state index contributed by atoms with van der Waals surface area (Å²) >= 11 is 0. The van der Waals surface area contributed by atoms with E-state index in [1.54, 1.807) is 0 Å². The van der Waals surface area contributed by atoms with Crippen molar-refractivity contribution in [3.63, 3.8) is 0 Å². The van der Waals surface area contributed by atoms with Gasteiger partial charge in [-0.25, -0.2) is 0 Å². The number of carbonyl (C=O) groups is 1. The molecule has 1 aromatic carbocycles. The largest absolute Gasteiger partial charge is 0.399 e. The third kappa shape index (κ3) is 4.47.